The van der Waals surface area contributed by atoms with E-state index in [1.54, 1.807) is 0 Å². The maximum atomic E-state index is 9.96. The summed E-state index contributed by atoms with van der Waals surface area (Å²) in [6.07, 6.45) is 8.35. The highest BCUT2D eigenvalue weighted by Crippen LogP contribution is 2.30. The molecule has 88 valence electrons. The van der Waals surface area contributed by atoms with Crippen molar-refractivity contribution < 1.29 is 5.11 Å². The predicted molar refractivity (Wildman–Crippen MR) is 61.1 cm³/mol. The van der Waals surface area contributed by atoms with Gasteiger partial charge in [-0.3, -0.25) is 9.58 Å². The van der Waals surface area contributed by atoms with Crippen LogP contribution < -0.4 is 0 Å². The largest absolute Gasteiger partial charge is 0.391 e. The van der Waals surface area contributed by atoms with Gasteiger partial charge in [-0.2, -0.15) is 5.10 Å². The molecule has 4 heteroatoms. The summed E-state index contributed by atoms with van der Waals surface area (Å²) < 4.78 is 2.03. The minimum Gasteiger partial charge on any atom is -0.391 e. The molecule has 2 aliphatic rings. The Morgan fingerprint density at radius 3 is 2.69 bits per heavy atom. The zero-order valence-electron chi connectivity index (χ0n) is 9.50. The van der Waals surface area contributed by atoms with E-state index >= 15 is 0 Å². The van der Waals surface area contributed by atoms with Gasteiger partial charge in [-0.1, -0.05) is 12.8 Å². The third-order valence-corrected chi connectivity index (χ3v) is 3.95. The number of aliphatic hydroxyl groups is 1. The van der Waals surface area contributed by atoms with E-state index in [9.17, 15) is 5.11 Å². The first kappa shape index (κ1) is 10.3. The van der Waals surface area contributed by atoms with Crippen molar-refractivity contribution in [2.45, 2.75) is 43.9 Å². The van der Waals surface area contributed by atoms with Crippen LogP contribution in [0.25, 0.3) is 0 Å². The fourth-order valence-corrected chi connectivity index (χ4v) is 2.94. The molecule has 0 spiro atoms. The van der Waals surface area contributed by atoms with Crippen LogP contribution >= 0.6 is 0 Å². The zero-order valence-corrected chi connectivity index (χ0v) is 9.50. The summed E-state index contributed by atoms with van der Waals surface area (Å²) in [5.74, 6) is 0. The minimum atomic E-state index is -0.104. The van der Waals surface area contributed by atoms with Crippen molar-refractivity contribution in [2.75, 3.05) is 13.1 Å². The van der Waals surface area contributed by atoms with E-state index in [1.807, 2.05) is 23.1 Å². The Labute approximate surface area is 95.9 Å². The number of aromatic nitrogens is 2. The monoisotopic (exact) mass is 221 g/mol. The summed E-state index contributed by atoms with van der Waals surface area (Å²) in [7, 11) is 0. The Balaban J connectivity index is 1.56. The second-order valence-corrected chi connectivity index (χ2v) is 5.01. The van der Waals surface area contributed by atoms with Crippen LogP contribution in [0.3, 0.4) is 0 Å². The first-order chi connectivity index (χ1) is 7.84. The van der Waals surface area contributed by atoms with E-state index in [1.165, 1.54) is 12.8 Å². The van der Waals surface area contributed by atoms with Crippen molar-refractivity contribution in [1.29, 1.82) is 0 Å². The van der Waals surface area contributed by atoms with Gasteiger partial charge in [0.25, 0.3) is 0 Å². The van der Waals surface area contributed by atoms with Crippen LogP contribution in [0, 0.1) is 0 Å². The average molecular weight is 221 g/mol. The van der Waals surface area contributed by atoms with Crippen molar-refractivity contribution >= 4 is 0 Å². The predicted octanol–water partition coefficient (Wildman–Crippen LogP) is 1.04. The Bertz CT molecular complexity index is 332. The van der Waals surface area contributed by atoms with Crippen LogP contribution in [-0.4, -0.2) is 45.0 Å². The van der Waals surface area contributed by atoms with Crippen molar-refractivity contribution in [3.05, 3.63) is 18.5 Å². The second-order valence-electron chi connectivity index (χ2n) is 5.01. The fraction of sp³-hybridized carbons (Fsp3) is 0.750. The van der Waals surface area contributed by atoms with Gasteiger partial charge in [0, 0.05) is 31.5 Å². The molecule has 1 aromatic heterocycles. The van der Waals surface area contributed by atoms with Gasteiger partial charge in [0.15, 0.2) is 0 Å². The van der Waals surface area contributed by atoms with Crippen molar-refractivity contribution in [3.8, 4) is 0 Å². The van der Waals surface area contributed by atoms with Crippen LogP contribution in [0.5, 0.6) is 0 Å². The molecule has 0 bridgehead atoms. The SMILES string of the molecule is OC1CCCCC1N1CC(n2cccn2)C1. The summed E-state index contributed by atoms with van der Waals surface area (Å²) in [4.78, 5) is 2.41. The average Bonchev–Trinajstić information content (AvgIpc) is 2.72. The molecule has 2 heterocycles. The van der Waals surface area contributed by atoms with Gasteiger partial charge in [-0.05, 0) is 18.9 Å². The number of hydrogen-bond acceptors (Lipinski definition) is 3. The number of nitrogens with zero attached hydrogens (tertiary/aromatic N) is 3. The van der Waals surface area contributed by atoms with Crippen LogP contribution in [0.1, 0.15) is 31.7 Å². The molecule has 0 amide bonds. The lowest BCUT2D eigenvalue weighted by Crippen LogP contribution is -2.57. The Kier molecular flexibility index (Phi) is 2.69. The van der Waals surface area contributed by atoms with Gasteiger partial charge in [0.05, 0.1) is 12.1 Å². The maximum Gasteiger partial charge on any atom is 0.0773 e. The fourth-order valence-electron chi connectivity index (χ4n) is 2.94. The molecule has 2 unspecified atom stereocenters. The first-order valence-electron chi connectivity index (χ1n) is 6.26. The topological polar surface area (TPSA) is 41.3 Å². The molecule has 2 fully saturated rings. The number of hydrogen-bond donors (Lipinski definition) is 1. The highest BCUT2D eigenvalue weighted by atomic mass is 16.3. The van der Waals surface area contributed by atoms with E-state index in [0.717, 1.165) is 25.9 Å². The summed E-state index contributed by atoms with van der Waals surface area (Å²) in [6, 6.07) is 2.89. The molecule has 1 aliphatic carbocycles. The summed E-state index contributed by atoms with van der Waals surface area (Å²) in [5, 5.41) is 14.2. The quantitative estimate of drug-likeness (QED) is 0.811. The first-order valence-corrected chi connectivity index (χ1v) is 6.26. The number of likely N-dealkylation sites (tertiary alicyclic amines) is 1. The lowest BCUT2D eigenvalue weighted by atomic mass is 9.89. The highest BCUT2D eigenvalue weighted by molar-refractivity contribution is 4.94. The third-order valence-electron chi connectivity index (χ3n) is 3.95. The lowest BCUT2D eigenvalue weighted by molar-refractivity contribution is -0.0342. The van der Waals surface area contributed by atoms with E-state index in [0.29, 0.717) is 12.1 Å². The molecular formula is C12H19N3O. The van der Waals surface area contributed by atoms with Gasteiger partial charge < -0.3 is 5.11 Å². The standard InChI is InChI=1S/C12H19N3O/c16-12-5-2-1-4-11(12)14-8-10(9-14)15-7-3-6-13-15/h3,6-7,10-12,16H,1-2,4-5,8-9H2. The minimum absolute atomic E-state index is 0.104. The second kappa shape index (κ2) is 4.18. The van der Waals surface area contributed by atoms with Crippen LogP contribution in [0.4, 0.5) is 0 Å². The Morgan fingerprint density at radius 2 is 2.00 bits per heavy atom. The van der Waals surface area contributed by atoms with E-state index in [-0.39, 0.29) is 6.10 Å². The van der Waals surface area contributed by atoms with Gasteiger partial charge >= 0.3 is 0 Å². The number of rotatable bonds is 2. The van der Waals surface area contributed by atoms with Gasteiger partial charge in [-0.15, -0.1) is 0 Å². The van der Waals surface area contributed by atoms with Crippen LogP contribution in [-0.2, 0) is 0 Å². The molecular weight excluding hydrogens is 202 g/mol. The molecule has 1 aliphatic heterocycles. The van der Waals surface area contributed by atoms with Crippen molar-refractivity contribution in [1.82, 2.24) is 14.7 Å². The summed E-state index contributed by atoms with van der Waals surface area (Å²) in [6.45, 7) is 2.09. The molecule has 16 heavy (non-hydrogen) atoms. The lowest BCUT2D eigenvalue weighted by Gasteiger charge is -2.47. The van der Waals surface area contributed by atoms with Gasteiger partial charge in [-0.25, -0.2) is 0 Å². The maximum absolute atomic E-state index is 9.96. The third kappa shape index (κ3) is 1.76. The molecule has 0 radical (unpaired) electrons. The Morgan fingerprint density at radius 1 is 1.19 bits per heavy atom. The molecule has 4 nitrogen and oxygen atoms in total. The molecule has 1 aromatic rings. The van der Waals surface area contributed by atoms with E-state index < -0.39 is 0 Å². The summed E-state index contributed by atoms with van der Waals surface area (Å²) in [5.41, 5.74) is 0. The zero-order chi connectivity index (χ0) is 11.0. The molecule has 2 atom stereocenters. The van der Waals surface area contributed by atoms with Crippen molar-refractivity contribution in [3.63, 3.8) is 0 Å². The normalized spacial score (nSPS) is 32.6. The molecule has 1 saturated heterocycles. The van der Waals surface area contributed by atoms with Crippen molar-refractivity contribution in [2.24, 2.45) is 0 Å². The van der Waals surface area contributed by atoms with Gasteiger partial charge in [0.1, 0.15) is 0 Å². The smallest absolute Gasteiger partial charge is 0.0773 e. The molecule has 1 N–H and O–H groups in total. The molecule has 3 rings (SSSR count). The Hall–Kier alpha value is -0.870. The van der Waals surface area contributed by atoms with Crippen LogP contribution in [0.2, 0.25) is 0 Å². The summed E-state index contributed by atoms with van der Waals surface area (Å²) >= 11 is 0. The molecule has 0 aromatic carbocycles. The van der Waals surface area contributed by atoms with E-state index in [4.69, 9.17) is 0 Å². The van der Waals surface area contributed by atoms with E-state index in [2.05, 4.69) is 10.00 Å². The highest BCUT2D eigenvalue weighted by Gasteiger charge is 2.37. The van der Waals surface area contributed by atoms with Crippen LogP contribution in [0.15, 0.2) is 18.5 Å². The van der Waals surface area contributed by atoms with Gasteiger partial charge in [0.2, 0.25) is 0 Å². The molecule has 1 saturated carbocycles. The number of aliphatic hydroxyl groups excluding tert-OH is 1.